The molecular formula is C30H23N5O. The third-order valence-electron chi connectivity index (χ3n) is 6.88. The number of benzene rings is 4. The maximum atomic E-state index is 6.40. The molecule has 0 aliphatic carbocycles. The van der Waals surface area contributed by atoms with Crippen LogP contribution in [0, 0.1) is 0 Å². The van der Waals surface area contributed by atoms with E-state index in [0.29, 0.717) is 11.7 Å². The molecule has 1 aliphatic rings. The van der Waals surface area contributed by atoms with Crippen molar-refractivity contribution < 1.29 is 4.74 Å². The molecule has 0 radical (unpaired) electrons. The molecule has 0 unspecified atom stereocenters. The monoisotopic (exact) mass is 469 g/mol. The summed E-state index contributed by atoms with van der Waals surface area (Å²) in [6.45, 7) is 0. The van der Waals surface area contributed by atoms with E-state index in [9.17, 15) is 0 Å². The third-order valence-corrected chi connectivity index (χ3v) is 6.88. The molecule has 0 saturated carbocycles. The van der Waals surface area contributed by atoms with Gasteiger partial charge in [0.25, 0.3) is 0 Å². The summed E-state index contributed by atoms with van der Waals surface area (Å²) in [6, 6.07) is 31.4. The van der Waals surface area contributed by atoms with Gasteiger partial charge in [-0.25, -0.2) is 14.5 Å². The van der Waals surface area contributed by atoms with Crippen LogP contribution < -0.4 is 9.64 Å². The highest BCUT2D eigenvalue weighted by molar-refractivity contribution is 5.91. The average molecular weight is 470 g/mol. The van der Waals surface area contributed by atoms with E-state index in [1.165, 1.54) is 5.39 Å². The summed E-state index contributed by atoms with van der Waals surface area (Å²) in [5.74, 6) is 1.96. The molecule has 1 aliphatic heterocycles. The summed E-state index contributed by atoms with van der Waals surface area (Å²) in [5, 5.41) is 7.12. The van der Waals surface area contributed by atoms with E-state index in [-0.39, 0.29) is 5.92 Å². The number of hydrogen-bond donors (Lipinski definition) is 0. The number of fused-ring (bicyclic) bond motifs is 6. The van der Waals surface area contributed by atoms with Crippen LogP contribution >= 0.6 is 0 Å². The average Bonchev–Trinajstić information content (AvgIpc) is 3.37. The Balaban J connectivity index is 1.48. The Labute approximate surface area is 208 Å². The van der Waals surface area contributed by atoms with Crippen molar-refractivity contribution in [3.05, 3.63) is 114 Å². The molecule has 4 aromatic carbocycles. The molecule has 2 aromatic heterocycles. The lowest BCUT2D eigenvalue weighted by Crippen LogP contribution is -2.15. The van der Waals surface area contributed by atoms with Gasteiger partial charge in [0, 0.05) is 36.8 Å². The molecule has 6 aromatic rings. The van der Waals surface area contributed by atoms with Crippen LogP contribution in [0.2, 0.25) is 0 Å². The number of nitrogens with zero attached hydrogens (tertiary/aromatic N) is 5. The fourth-order valence-corrected chi connectivity index (χ4v) is 5.11. The van der Waals surface area contributed by atoms with E-state index in [1.54, 1.807) is 10.8 Å². The number of anilines is 1. The Kier molecular flexibility index (Phi) is 4.54. The van der Waals surface area contributed by atoms with E-state index in [1.807, 2.05) is 26.2 Å². The molecule has 3 heterocycles. The molecule has 1 atom stereocenters. The van der Waals surface area contributed by atoms with E-state index in [0.717, 1.165) is 44.7 Å². The van der Waals surface area contributed by atoms with Crippen LogP contribution in [-0.2, 0) is 0 Å². The van der Waals surface area contributed by atoms with Gasteiger partial charge in [0.1, 0.15) is 12.1 Å². The van der Waals surface area contributed by atoms with E-state index in [2.05, 4.69) is 88.7 Å². The highest BCUT2D eigenvalue weighted by Gasteiger charge is 2.34. The molecule has 0 amide bonds. The minimum Gasteiger partial charge on any atom is -0.438 e. The second-order valence-corrected chi connectivity index (χ2v) is 9.25. The molecule has 6 heteroatoms. The number of aromatic nitrogens is 4. The van der Waals surface area contributed by atoms with E-state index < -0.39 is 0 Å². The van der Waals surface area contributed by atoms with Crippen molar-refractivity contribution in [3.63, 3.8) is 0 Å². The van der Waals surface area contributed by atoms with Crippen molar-refractivity contribution in [2.45, 2.75) is 5.92 Å². The van der Waals surface area contributed by atoms with Gasteiger partial charge in [-0.3, -0.25) is 0 Å². The SMILES string of the molecule is CN(C)c1ccc(-c2nc3c4c(ncn3n2)Oc2ccc3ccccc3c2[C@H]4c2ccccc2)cc1. The summed E-state index contributed by atoms with van der Waals surface area (Å²) in [5.41, 5.74) is 6.05. The largest absolute Gasteiger partial charge is 0.438 e. The van der Waals surface area contributed by atoms with Gasteiger partial charge in [-0.05, 0) is 46.7 Å². The van der Waals surface area contributed by atoms with Crippen molar-refractivity contribution in [2.75, 3.05) is 19.0 Å². The number of rotatable bonds is 3. The lowest BCUT2D eigenvalue weighted by atomic mass is 9.81. The maximum absolute atomic E-state index is 6.40. The Hall–Kier alpha value is -4.71. The van der Waals surface area contributed by atoms with Gasteiger partial charge in [-0.1, -0.05) is 60.7 Å². The van der Waals surface area contributed by atoms with Crippen LogP contribution in [0.4, 0.5) is 5.69 Å². The molecule has 0 fully saturated rings. The highest BCUT2D eigenvalue weighted by atomic mass is 16.5. The summed E-state index contributed by atoms with van der Waals surface area (Å²) < 4.78 is 8.17. The molecule has 0 saturated heterocycles. The molecule has 6 nitrogen and oxygen atoms in total. The van der Waals surface area contributed by atoms with Crippen LogP contribution in [0.1, 0.15) is 22.6 Å². The third kappa shape index (κ3) is 3.15. The molecule has 0 spiro atoms. The predicted molar refractivity (Wildman–Crippen MR) is 142 cm³/mol. The van der Waals surface area contributed by atoms with Gasteiger partial charge in [0.2, 0.25) is 5.88 Å². The van der Waals surface area contributed by atoms with Gasteiger partial charge in [0.05, 0.1) is 5.56 Å². The molecular weight excluding hydrogens is 446 g/mol. The smallest absolute Gasteiger partial charge is 0.228 e. The Morgan fingerprint density at radius 2 is 1.58 bits per heavy atom. The standard InChI is InChI=1S/C30H23N5O/c1-34(2)22-15-12-21(13-16-22)28-32-29-27-25(20-9-4-3-5-10-20)26-23-11-7-6-8-19(23)14-17-24(26)36-30(27)31-18-35(29)33-28/h3-18,25H,1-2H3/t25-/m1/s1. The van der Waals surface area contributed by atoms with Gasteiger partial charge in [0.15, 0.2) is 11.5 Å². The van der Waals surface area contributed by atoms with Crippen LogP contribution in [0.15, 0.2) is 97.3 Å². The fraction of sp³-hybridized carbons (Fsp3) is 0.100. The molecule has 36 heavy (non-hydrogen) atoms. The zero-order valence-corrected chi connectivity index (χ0v) is 20.0. The quantitative estimate of drug-likeness (QED) is 0.304. The molecule has 174 valence electrons. The first-order valence-electron chi connectivity index (χ1n) is 11.9. The predicted octanol–water partition coefficient (Wildman–Crippen LogP) is 6.30. The fourth-order valence-electron chi connectivity index (χ4n) is 5.11. The zero-order chi connectivity index (χ0) is 24.2. The minimum absolute atomic E-state index is 0.0968. The van der Waals surface area contributed by atoms with Crippen molar-refractivity contribution in [1.82, 2.24) is 19.6 Å². The zero-order valence-electron chi connectivity index (χ0n) is 20.0. The van der Waals surface area contributed by atoms with Crippen LogP contribution in [-0.4, -0.2) is 33.7 Å². The molecule has 0 bridgehead atoms. The first-order valence-corrected chi connectivity index (χ1v) is 11.9. The van der Waals surface area contributed by atoms with Gasteiger partial charge < -0.3 is 9.64 Å². The number of ether oxygens (including phenoxy) is 1. The molecule has 7 rings (SSSR count). The topological polar surface area (TPSA) is 55.6 Å². The second-order valence-electron chi connectivity index (χ2n) is 9.25. The van der Waals surface area contributed by atoms with Crippen molar-refractivity contribution in [1.29, 1.82) is 0 Å². The van der Waals surface area contributed by atoms with Crippen LogP contribution in [0.5, 0.6) is 11.6 Å². The second kappa shape index (κ2) is 7.92. The lowest BCUT2D eigenvalue weighted by molar-refractivity contribution is 0.433. The molecule has 0 N–H and O–H groups in total. The minimum atomic E-state index is -0.0968. The van der Waals surface area contributed by atoms with Crippen molar-refractivity contribution in [2.24, 2.45) is 0 Å². The van der Waals surface area contributed by atoms with Gasteiger partial charge >= 0.3 is 0 Å². The Morgan fingerprint density at radius 3 is 2.39 bits per heavy atom. The first kappa shape index (κ1) is 20.6. The maximum Gasteiger partial charge on any atom is 0.228 e. The van der Waals surface area contributed by atoms with Gasteiger partial charge in [-0.2, -0.15) is 0 Å². The first-order chi connectivity index (χ1) is 17.7. The highest BCUT2D eigenvalue weighted by Crippen LogP contribution is 2.50. The van der Waals surface area contributed by atoms with Crippen molar-refractivity contribution >= 4 is 22.1 Å². The normalized spacial score (nSPS) is 14.3. The lowest BCUT2D eigenvalue weighted by Gasteiger charge is -2.29. The Bertz CT molecular complexity index is 1740. The van der Waals surface area contributed by atoms with Crippen molar-refractivity contribution in [3.8, 4) is 23.0 Å². The van der Waals surface area contributed by atoms with Crippen LogP contribution in [0.25, 0.3) is 27.8 Å². The van der Waals surface area contributed by atoms with Crippen LogP contribution in [0.3, 0.4) is 0 Å². The number of hydrogen-bond acceptors (Lipinski definition) is 5. The summed E-state index contributed by atoms with van der Waals surface area (Å²) in [4.78, 5) is 11.8. The summed E-state index contributed by atoms with van der Waals surface area (Å²) in [6.07, 6.45) is 1.69. The van der Waals surface area contributed by atoms with E-state index in [4.69, 9.17) is 14.8 Å². The van der Waals surface area contributed by atoms with Gasteiger partial charge in [-0.15, -0.1) is 5.10 Å². The Morgan fingerprint density at radius 1 is 0.806 bits per heavy atom. The summed E-state index contributed by atoms with van der Waals surface area (Å²) in [7, 11) is 4.06. The summed E-state index contributed by atoms with van der Waals surface area (Å²) >= 11 is 0. The van der Waals surface area contributed by atoms with E-state index >= 15 is 0 Å².